The van der Waals surface area contributed by atoms with E-state index in [9.17, 15) is 9.59 Å². The fourth-order valence-corrected chi connectivity index (χ4v) is 2.44. The minimum Gasteiger partial charge on any atom is -0.444 e. The van der Waals surface area contributed by atoms with Gasteiger partial charge in [0.1, 0.15) is 11.4 Å². The standard InChI is InChI=1S/C14H25NO3/c1-11(16)14(8-6-5-7-9-14)10-15-12(17)18-13(2,3)4/h5-10H2,1-4H3,(H,15,17). The van der Waals surface area contributed by atoms with Crippen LogP contribution >= 0.6 is 0 Å². The number of Topliss-reactive ketones (excluding diaryl/α,β-unsaturated/α-hetero) is 1. The molecule has 1 N–H and O–H groups in total. The minimum absolute atomic E-state index is 0.179. The average molecular weight is 255 g/mol. The molecule has 0 heterocycles. The molecule has 0 saturated heterocycles. The number of alkyl carbamates (subject to hydrolysis) is 1. The van der Waals surface area contributed by atoms with Crippen LogP contribution in [0.5, 0.6) is 0 Å². The predicted octanol–water partition coefficient (Wildman–Crippen LogP) is 3.05. The number of ether oxygens (including phenoxy) is 1. The molecule has 0 bridgehead atoms. The number of ketones is 1. The maximum Gasteiger partial charge on any atom is 0.407 e. The molecule has 0 radical (unpaired) electrons. The van der Waals surface area contributed by atoms with Gasteiger partial charge in [0.15, 0.2) is 0 Å². The minimum atomic E-state index is -0.500. The molecule has 0 aliphatic heterocycles. The Labute approximate surface area is 109 Å². The van der Waals surface area contributed by atoms with Crippen molar-refractivity contribution in [3.63, 3.8) is 0 Å². The van der Waals surface area contributed by atoms with Crippen LogP contribution in [0.25, 0.3) is 0 Å². The third kappa shape index (κ3) is 4.31. The molecule has 4 heteroatoms. The van der Waals surface area contributed by atoms with E-state index in [1.54, 1.807) is 6.92 Å². The van der Waals surface area contributed by atoms with E-state index >= 15 is 0 Å². The summed E-state index contributed by atoms with van der Waals surface area (Å²) in [6.45, 7) is 7.51. The first-order valence-electron chi connectivity index (χ1n) is 6.73. The van der Waals surface area contributed by atoms with Crippen LogP contribution in [0.2, 0.25) is 0 Å². The number of rotatable bonds is 3. The Bertz CT molecular complexity index is 311. The van der Waals surface area contributed by atoms with E-state index in [0.29, 0.717) is 6.54 Å². The number of hydrogen-bond acceptors (Lipinski definition) is 3. The van der Waals surface area contributed by atoms with Crippen LogP contribution in [0.3, 0.4) is 0 Å². The predicted molar refractivity (Wildman–Crippen MR) is 70.4 cm³/mol. The second-order valence-electron chi connectivity index (χ2n) is 6.25. The van der Waals surface area contributed by atoms with Crippen LogP contribution in [0, 0.1) is 5.41 Å². The quantitative estimate of drug-likeness (QED) is 0.843. The van der Waals surface area contributed by atoms with Crippen molar-refractivity contribution in [2.24, 2.45) is 5.41 Å². The monoisotopic (exact) mass is 255 g/mol. The molecule has 18 heavy (non-hydrogen) atoms. The van der Waals surface area contributed by atoms with Gasteiger partial charge in [-0.15, -0.1) is 0 Å². The van der Waals surface area contributed by atoms with Gasteiger partial charge in [0, 0.05) is 12.0 Å². The number of carbonyl (C=O) groups is 2. The van der Waals surface area contributed by atoms with E-state index in [-0.39, 0.29) is 11.2 Å². The molecule has 1 rings (SSSR count). The second kappa shape index (κ2) is 5.72. The van der Waals surface area contributed by atoms with E-state index in [2.05, 4.69) is 5.32 Å². The van der Waals surface area contributed by atoms with Gasteiger partial charge >= 0.3 is 6.09 Å². The molecule has 4 nitrogen and oxygen atoms in total. The SMILES string of the molecule is CC(=O)C1(CNC(=O)OC(C)(C)C)CCCCC1. The first-order chi connectivity index (χ1) is 8.25. The Kier molecular flexibility index (Phi) is 4.77. The van der Waals surface area contributed by atoms with Gasteiger partial charge in [0.25, 0.3) is 0 Å². The Morgan fingerprint density at radius 3 is 2.17 bits per heavy atom. The zero-order chi connectivity index (χ0) is 13.8. The summed E-state index contributed by atoms with van der Waals surface area (Å²) >= 11 is 0. The van der Waals surface area contributed by atoms with Crippen LogP contribution in [-0.2, 0) is 9.53 Å². The molecule has 0 spiro atoms. The Balaban J connectivity index is 2.53. The smallest absolute Gasteiger partial charge is 0.407 e. The molecule has 1 aliphatic carbocycles. The largest absolute Gasteiger partial charge is 0.444 e. The summed E-state index contributed by atoms with van der Waals surface area (Å²) in [6.07, 6.45) is 4.62. The van der Waals surface area contributed by atoms with Gasteiger partial charge < -0.3 is 10.1 Å². The molecule has 0 unspecified atom stereocenters. The normalized spacial score (nSPS) is 19.1. The summed E-state index contributed by atoms with van der Waals surface area (Å²) in [7, 11) is 0. The van der Waals surface area contributed by atoms with Crippen molar-refractivity contribution in [1.29, 1.82) is 0 Å². The highest BCUT2D eigenvalue weighted by Crippen LogP contribution is 2.36. The lowest BCUT2D eigenvalue weighted by atomic mass is 9.71. The van der Waals surface area contributed by atoms with Crippen LogP contribution in [0.15, 0.2) is 0 Å². The summed E-state index contributed by atoms with van der Waals surface area (Å²) < 4.78 is 5.19. The Morgan fingerprint density at radius 1 is 1.17 bits per heavy atom. The van der Waals surface area contributed by atoms with E-state index in [0.717, 1.165) is 25.7 Å². The lowest BCUT2D eigenvalue weighted by Crippen LogP contribution is -2.44. The molecule has 104 valence electrons. The molecule has 1 aliphatic rings. The summed E-state index contributed by atoms with van der Waals surface area (Å²) in [6, 6.07) is 0. The number of nitrogens with one attached hydrogen (secondary N) is 1. The van der Waals surface area contributed by atoms with Gasteiger partial charge in [-0.1, -0.05) is 19.3 Å². The first kappa shape index (κ1) is 15.0. The number of carbonyl (C=O) groups excluding carboxylic acids is 2. The lowest BCUT2D eigenvalue weighted by Gasteiger charge is -2.35. The molecule has 0 aromatic rings. The van der Waals surface area contributed by atoms with Crippen LogP contribution in [-0.4, -0.2) is 24.0 Å². The zero-order valence-corrected chi connectivity index (χ0v) is 12.0. The molecule has 1 saturated carbocycles. The maximum atomic E-state index is 11.8. The summed E-state index contributed by atoms with van der Waals surface area (Å²) in [5.74, 6) is 0.179. The highest BCUT2D eigenvalue weighted by Gasteiger charge is 2.37. The van der Waals surface area contributed by atoms with E-state index in [1.807, 2.05) is 20.8 Å². The van der Waals surface area contributed by atoms with E-state index in [4.69, 9.17) is 4.74 Å². The highest BCUT2D eigenvalue weighted by atomic mass is 16.6. The third-order valence-corrected chi connectivity index (χ3v) is 3.53. The average Bonchev–Trinajstić information content (AvgIpc) is 2.25. The van der Waals surface area contributed by atoms with Crippen molar-refractivity contribution in [1.82, 2.24) is 5.32 Å². The van der Waals surface area contributed by atoms with Crippen LogP contribution < -0.4 is 5.32 Å². The highest BCUT2D eigenvalue weighted by molar-refractivity contribution is 5.83. The topological polar surface area (TPSA) is 55.4 Å². The van der Waals surface area contributed by atoms with Crippen molar-refractivity contribution < 1.29 is 14.3 Å². The first-order valence-corrected chi connectivity index (χ1v) is 6.73. The molecule has 0 aromatic heterocycles. The van der Waals surface area contributed by atoms with Crippen LogP contribution in [0.4, 0.5) is 4.79 Å². The van der Waals surface area contributed by atoms with Crippen molar-refractivity contribution in [2.75, 3.05) is 6.54 Å². The van der Waals surface area contributed by atoms with Crippen LogP contribution in [0.1, 0.15) is 59.8 Å². The Morgan fingerprint density at radius 2 is 1.72 bits per heavy atom. The number of hydrogen-bond donors (Lipinski definition) is 1. The van der Waals surface area contributed by atoms with E-state index in [1.165, 1.54) is 6.42 Å². The van der Waals surface area contributed by atoms with Crippen molar-refractivity contribution in [2.45, 2.75) is 65.4 Å². The summed E-state index contributed by atoms with van der Waals surface area (Å²) in [5, 5.41) is 2.75. The molecule has 1 fully saturated rings. The second-order valence-corrected chi connectivity index (χ2v) is 6.25. The fraction of sp³-hybridized carbons (Fsp3) is 0.857. The lowest BCUT2D eigenvalue weighted by molar-refractivity contribution is -0.128. The van der Waals surface area contributed by atoms with Gasteiger partial charge in [-0.25, -0.2) is 4.79 Å². The van der Waals surface area contributed by atoms with Gasteiger partial charge in [0.2, 0.25) is 0 Å². The molecule has 1 amide bonds. The maximum absolute atomic E-state index is 11.8. The summed E-state index contributed by atoms with van der Waals surface area (Å²) in [5.41, 5.74) is -0.866. The third-order valence-electron chi connectivity index (χ3n) is 3.53. The Hall–Kier alpha value is -1.06. The van der Waals surface area contributed by atoms with Crippen molar-refractivity contribution in [3.8, 4) is 0 Å². The van der Waals surface area contributed by atoms with Gasteiger partial charge in [-0.3, -0.25) is 4.79 Å². The molecule has 0 aromatic carbocycles. The fourth-order valence-electron chi connectivity index (χ4n) is 2.44. The van der Waals surface area contributed by atoms with Crippen molar-refractivity contribution in [3.05, 3.63) is 0 Å². The van der Waals surface area contributed by atoms with E-state index < -0.39 is 11.7 Å². The molecule has 0 atom stereocenters. The zero-order valence-electron chi connectivity index (χ0n) is 12.0. The summed E-state index contributed by atoms with van der Waals surface area (Å²) in [4.78, 5) is 23.4. The van der Waals surface area contributed by atoms with Gasteiger partial charge in [-0.05, 0) is 40.5 Å². The number of amides is 1. The van der Waals surface area contributed by atoms with Crippen molar-refractivity contribution >= 4 is 11.9 Å². The molecular weight excluding hydrogens is 230 g/mol. The van der Waals surface area contributed by atoms with Gasteiger partial charge in [0.05, 0.1) is 0 Å². The van der Waals surface area contributed by atoms with Gasteiger partial charge in [-0.2, -0.15) is 0 Å². The molecular formula is C14H25NO3.